The van der Waals surface area contributed by atoms with Gasteiger partial charge in [0.05, 0.1) is 13.5 Å². The fourth-order valence-electron chi connectivity index (χ4n) is 1.96. The Morgan fingerprint density at radius 3 is 2.71 bits per heavy atom. The Labute approximate surface area is 121 Å². The van der Waals surface area contributed by atoms with Crippen LogP contribution in [0.4, 0.5) is 5.69 Å². The summed E-state index contributed by atoms with van der Waals surface area (Å²) >= 11 is 0. The highest BCUT2D eigenvalue weighted by molar-refractivity contribution is 5.95. The molecule has 0 aliphatic rings. The van der Waals surface area contributed by atoms with Crippen molar-refractivity contribution < 1.29 is 14.3 Å². The van der Waals surface area contributed by atoms with E-state index in [0.717, 1.165) is 5.39 Å². The van der Waals surface area contributed by atoms with E-state index < -0.39 is 5.97 Å². The van der Waals surface area contributed by atoms with E-state index in [4.69, 9.17) is 0 Å². The van der Waals surface area contributed by atoms with Gasteiger partial charge in [0.2, 0.25) is 5.91 Å². The molecule has 2 aromatic rings. The number of methoxy groups -OCH3 is 1. The Hall–Kier alpha value is -2.63. The van der Waals surface area contributed by atoms with Crippen LogP contribution in [0.3, 0.4) is 0 Å². The molecule has 0 saturated carbocycles. The second-order valence-electron chi connectivity index (χ2n) is 4.66. The van der Waals surface area contributed by atoms with Crippen LogP contribution in [0.25, 0.3) is 10.8 Å². The number of anilines is 1. The average Bonchev–Trinajstić information content (AvgIpc) is 2.49. The highest BCUT2D eigenvalue weighted by Gasteiger charge is 2.08. The lowest BCUT2D eigenvalue weighted by Crippen LogP contribution is -2.17. The molecule has 0 saturated heterocycles. The number of hydrogen-bond donors (Lipinski definition) is 1. The van der Waals surface area contributed by atoms with Gasteiger partial charge >= 0.3 is 5.97 Å². The van der Waals surface area contributed by atoms with E-state index in [-0.39, 0.29) is 24.3 Å². The number of amides is 1. The van der Waals surface area contributed by atoms with E-state index in [1.165, 1.54) is 11.7 Å². The smallest absolute Gasteiger partial charge is 0.306 e. The van der Waals surface area contributed by atoms with Gasteiger partial charge in [-0.25, -0.2) is 0 Å². The average molecular weight is 288 g/mol. The number of nitrogens with one attached hydrogen (secondary N) is 1. The maximum absolute atomic E-state index is 12.0. The predicted molar refractivity (Wildman–Crippen MR) is 79.1 cm³/mol. The van der Waals surface area contributed by atoms with Crippen molar-refractivity contribution in [3.63, 3.8) is 0 Å². The molecule has 6 heteroatoms. The van der Waals surface area contributed by atoms with E-state index in [1.54, 1.807) is 31.4 Å². The van der Waals surface area contributed by atoms with E-state index >= 15 is 0 Å². The Kier molecular flexibility index (Phi) is 4.37. The van der Waals surface area contributed by atoms with Crippen LogP contribution < -0.4 is 10.9 Å². The van der Waals surface area contributed by atoms with Crippen molar-refractivity contribution in [2.45, 2.75) is 12.8 Å². The summed E-state index contributed by atoms with van der Waals surface area (Å²) in [5.74, 6) is -0.731. The molecule has 21 heavy (non-hydrogen) atoms. The maximum Gasteiger partial charge on any atom is 0.306 e. The number of nitrogens with zero attached hydrogens (tertiary/aromatic N) is 1. The molecule has 1 N–H and O–H groups in total. The molecule has 1 amide bonds. The van der Waals surface area contributed by atoms with Gasteiger partial charge in [0, 0.05) is 30.7 Å². The first kappa shape index (κ1) is 14.8. The first-order valence-electron chi connectivity index (χ1n) is 6.47. The predicted octanol–water partition coefficient (Wildman–Crippen LogP) is 1.43. The molecule has 0 fully saturated rings. The number of rotatable bonds is 4. The Bertz CT molecular complexity index is 749. The van der Waals surface area contributed by atoms with Gasteiger partial charge in [0.15, 0.2) is 0 Å². The molecule has 0 unspecified atom stereocenters. The van der Waals surface area contributed by atoms with Crippen LogP contribution in [0.15, 0.2) is 35.3 Å². The summed E-state index contributed by atoms with van der Waals surface area (Å²) in [6, 6.07) is 6.96. The minimum absolute atomic E-state index is 0.0255. The van der Waals surface area contributed by atoms with Crippen LogP contribution in [-0.2, 0) is 21.4 Å². The van der Waals surface area contributed by atoms with Gasteiger partial charge in [-0.1, -0.05) is 6.07 Å². The molecule has 0 spiro atoms. The summed E-state index contributed by atoms with van der Waals surface area (Å²) in [4.78, 5) is 34.7. The molecular formula is C15H16N2O4. The van der Waals surface area contributed by atoms with Gasteiger partial charge in [-0.15, -0.1) is 0 Å². The Morgan fingerprint density at radius 2 is 2.00 bits per heavy atom. The van der Waals surface area contributed by atoms with E-state index in [2.05, 4.69) is 10.1 Å². The Morgan fingerprint density at radius 1 is 1.24 bits per heavy atom. The lowest BCUT2D eigenvalue weighted by atomic mass is 10.1. The zero-order valence-electron chi connectivity index (χ0n) is 11.9. The fourth-order valence-corrected chi connectivity index (χ4v) is 1.96. The van der Waals surface area contributed by atoms with Gasteiger partial charge in [-0.2, -0.15) is 0 Å². The first-order valence-corrected chi connectivity index (χ1v) is 6.47. The number of pyridine rings is 1. The number of hydrogen-bond acceptors (Lipinski definition) is 4. The van der Waals surface area contributed by atoms with Crippen molar-refractivity contribution in [1.29, 1.82) is 0 Å². The van der Waals surface area contributed by atoms with Crippen molar-refractivity contribution in [3.8, 4) is 0 Å². The number of fused-ring (bicyclic) bond motifs is 1. The molecule has 1 aromatic heterocycles. The van der Waals surface area contributed by atoms with Crippen molar-refractivity contribution >= 4 is 28.3 Å². The number of carbonyl (C=O) groups excluding carboxylic acids is 2. The lowest BCUT2D eigenvalue weighted by molar-refractivity contribution is -0.141. The van der Waals surface area contributed by atoms with Crippen molar-refractivity contribution in [3.05, 3.63) is 40.8 Å². The molecule has 0 bridgehead atoms. The maximum atomic E-state index is 12.0. The van der Waals surface area contributed by atoms with Gasteiger partial charge in [-0.05, 0) is 23.6 Å². The number of benzene rings is 1. The third kappa shape index (κ3) is 3.47. The topological polar surface area (TPSA) is 77.4 Å². The highest BCUT2D eigenvalue weighted by atomic mass is 16.5. The number of aromatic nitrogens is 1. The van der Waals surface area contributed by atoms with Crippen LogP contribution in [0.2, 0.25) is 0 Å². The minimum Gasteiger partial charge on any atom is -0.469 e. The van der Waals surface area contributed by atoms with Crippen LogP contribution in [0.5, 0.6) is 0 Å². The zero-order chi connectivity index (χ0) is 15.4. The molecule has 110 valence electrons. The number of aryl methyl sites for hydroxylation is 1. The summed E-state index contributed by atoms with van der Waals surface area (Å²) in [5, 5.41) is 4.01. The number of esters is 1. The third-order valence-corrected chi connectivity index (χ3v) is 3.15. The summed E-state index contributed by atoms with van der Waals surface area (Å²) in [6.07, 6.45) is 1.76. The minimum atomic E-state index is -0.433. The zero-order valence-corrected chi connectivity index (χ0v) is 11.9. The van der Waals surface area contributed by atoms with E-state index in [0.29, 0.717) is 11.1 Å². The normalized spacial score (nSPS) is 10.4. The highest BCUT2D eigenvalue weighted by Crippen LogP contribution is 2.16. The van der Waals surface area contributed by atoms with Gasteiger partial charge in [-0.3, -0.25) is 14.4 Å². The Balaban J connectivity index is 2.16. The summed E-state index contributed by atoms with van der Waals surface area (Å²) < 4.78 is 5.95. The molecular weight excluding hydrogens is 272 g/mol. The van der Waals surface area contributed by atoms with Crippen LogP contribution in [0, 0.1) is 0 Å². The van der Waals surface area contributed by atoms with E-state index in [9.17, 15) is 14.4 Å². The molecule has 1 heterocycles. The quantitative estimate of drug-likeness (QED) is 0.863. The largest absolute Gasteiger partial charge is 0.469 e. The third-order valence-electron chi connectivity index (χ3n) is 3.15. The molecule has 0 radical (unpaired) electrons. The summed E-state index contributed by atoms with van der Waals surface area (Å²) in [6.45, 7) is 0. The molecule has 0 aliphatic heterocycles. The molecule has 0 aliphatic carbocycles. The van der Waals surface area contributed by atoms with Crippen LogP contribution in [0.1, 0.15) is 12.8 Å². The number of carbonyl (C=O) groups is 2. The second kappa shape index (κ2) is 6.21. The van der Waals surface area contributed by atoms with Crippen molar-refractivity contribution in [2.24, 2.45) is 7.05 Å². The number of ether oxygens (including phenoxy) is 1. The van der Waals surface area contributed by atoms with Gasteiger partial charge in [0.25, 0.3) is 5.56 Å². The molecule has 0 atom stereocenters. The first-order chi connectivity index (χ1) is 10.0. The van der Waals surface area contributed by atoms with Crippen molar-refractivity contribution in [1.82, 2.24) is 4.57 Å². The van der Waals surface area contributed by atoms with Gasteiger partial charge < -0.3 is 14.6 Å². The fraction of sp³-hybridized carbons (Fsp3) is 0.267. The van der Waals surface area contributed by atoms with Gasteiger partial charge in [0.1, 0.15) is 0 Å². The lowest BCUT2D eigenvalue weighted by Gasteiger charge is -2.07. The SMILES string of the molecule is COC(=O)CCC(=O)Nc1ccc2ccn(C)c(=O)c2c1. The summed E-state index contributed by atoms with van der Waals surface area (Å²) in [5.41, 5.74) is 0.402. The second-order valence-corrected chi connectivity index (χ2v) is 4.66. The van der Waals surface area contributed by atoms with Crippen molar-refractivity contribution in [2.75, 3.05) is 12.4 Å². The molecule has 2 rings (SSSR count). The monoisotopic (exact) mass is 288 g/mol. The summed E-state index contributed by atoms with van der Waals surface area (Å²) in [7, 11) is 2.95. The van der Waals surface area contributed by atoms with Crippen LogP contribution >= 0.6 is 0 Å². The van der Waals surface area contributed by atoms with E-state index in [1.807, 2.05) is 6.07 Å². The standard InChI is InChI=1S/C15H16N2O4/c1-17-8-7-10-3-4-11(9-12(10)15(17)20)16-13(18)5-6-14(19)21-2/h3-4,7-9H,5-6H2,1-2H3,(H,16,18). The van der Waals surface area contributed by atoms with Crippen LogP contribution in [-0.4, -0.2) is 23.6 Å². The molecule has 1 aromatic carbocycles. The molecule has 6 nitrogen and oxygen atoms in total.